The second-order valence-corrected chi connectivity index (χ2v) is 5.76. The number of hydrogen-bond donors (Lipinski definition) is 2. The van der Waals surface area contributed by atoms with Crippen molar-refractivity contribution in [3.8, 4) is 0 Å². The molecular formula is C14H23N5O2. The van der Waals surface area contributed by atoms with Gasteiger partial charge in [0.1, 0.15) is 11.9 Å². The number of piperazine rings is 1. The molecule has 1 fully saturated rings. The standard InChI is InChI=1S/C14H23N5O2/c1-8(2)15-6-11-9(3)17-18(5)14(11)19-7-12(20)16-13(21)10(19)4/h8,10,15H,6-7H2,1-5H3,(H,16,20,21). The van der Waals surface area contributed by atoms with E-state index in [4.69, 9.17) is 0 Å². The van der Waals surface area contributed by atoms with Gasteiger partial charge in [0.25, 0.3) is 0 Å². The Bertz CT molecular complexity index is 564. The minimum Gasteiger partial charge on any atom is -0.335 e. The molecule has 21 heavy (non-hydrogen) atoms. The molecule has 0 saturated carbocycles. The van der Waals surface area contributed by atoms with E-state index in [9.17, 15) is 9.59 Å². The number of anilines is 1. The molecule has 0 aliphatic carbocycles. The number of hydrogen-bond acceptors (Lipinski definition) is 5. The van der Waals surface area contributed by atoms with Crippen molar-refractivity contribution in [2.24, 2.45) is 7.05 Å². The Labute approximate surface area is 124 Å². The van der Waals surface area contributed by atoms with E-state index in [0.29, 0.717) is 12.6 Å². The molecule has 1 atom stereocenters. The fourth-order valence-corrected chi connectivity index (χ4v) is 2.54. The smallest absolute Gasteiger partial charge is 0.249 e. The van der Waals surface area contributed by atoms with Gasteiger partial charge in [-0.15, -0.1) is 0 Å². The molecule has 1 saturated heterocycles. The topological polar surface area (TPSA) is 79.3 Å². The summed E-state index contributed by atoms with van der Waals surface area (Å²) in [4.78, 5) is 25.4. The first-order chi connectivity index (χ1) is 9.81. The molecule has 1 unspecified atom stereocenters. The predicted octanol–water partition coefficient (Wildman–Crippen LogP) is 0.0778. The molecule has 0 aromatic carbocycles. The van der Waals surface area contributed by atoms with Crippen LogP contribution in [0.25, 0.3) is 0 Å². The highest BCUT2D eigenvalue weighted by atomic mass is 16.2. The van der Waals surface area contributed by atoms with Crippen LogP contribution in [-0.4, -0.2) is 40.2 Å². The zero-order chi connectivity index (χ0) is 15.7. The molecule has 2 rings (SSSR count). The third kappa shape index (κ3) is 3.07. The van der Waals surface area contributed by atoms with Crippen molar-refractivity contribution in [2.75, 3.05) is 11.4 Å². The van der Waals surface area contributed by atoms with E-state index in [1.165, 1.54) is 0 Å². The normalized spacial score (nSPS) is 19.3. The van der Waals surface area contributed by atoms with Crippen LogP contribution in [0.5, 0.6) is 0 Å². The van der Waals surface area contributed by atoms with Crippen LogP contribution in [0, 0.1) is 6.92 Å². The number of aryl methyl sites for hydroxylation is 2. The Morgan fingerprint density at radius 1 is 1.43 bits per heavy atom. The van der Waals surface area contributed by atoms with Crippen LogP contribution in [0.4, 0.5) is 5.82 Å². The maximum absolute atomic E-state index is 11.9. The third-order valence-corrected chi connectivity index (χ3v) is 3.70. The number of nitrogens with zero attached hydrogens (tertiary/aromatic N) is 3. The number of imide groups is 1. The van der Waals surface area contributed by atoms with Crippen molar-refractivity contribution in [3.63, 3.8) is 0 Å². The van der Waals surface area contributed by atoms with E-state index in [0.717, 1.165) is 17.1 Å². The van der Waals surface area contributed by atoms with Gasteiger partial charge in [-0.1, -0.05) is 13.8 Å². The lowest BCUT2D eigenvalue weighted by Gasteiger charge is -2.34. The van der Waals surface area contributed by atoms with Gasteiger partial charge in [-0.25, -0.2) is 0 Å². The number of aromatic nitrogens is 2. The summed E-state index contributed by atoms with van der Waals surface area (Å²) in [5.74, 6) is 0.281. The molecule has 2 amide bonds. The van der Waals surface area contributed by atoms with Crippen LogP contribution < -0.4 is 15.5 Å². The van der Waals surface area contributed by atoms with Crippen LogP contribution in [0.3, 0.4) is 0 Å². The summed E-state index contributed by atoms with van der Waals surface area (Å²) in [6, 6.07) is -0.0449. The van der Waals surface area contributed by atoms with Crippen molar-refractivity contribution in [2.45, 2.75) is 46.3 Å². The van der Waals surface area contributed by atoms with Gasteiger partial charge in [-0.05, 0) is 13.8 Å². The fourth-order valence-electron chi connectivity index (χ4n) is 2.54. The van der Waals surface area contributed by atoms with E-state index in [1.54, 1.807) is 11.6 Å². The van der Waals surface area contributed by atoms with Crippen molar-refractivity contribution >= 4 is 17.6 Å². The predicted molar refractivity (Wildman–Crippen MR) is 79.9 cm³/mol. The van der Waals surface area contributed by atoms with Gasteiger partial charge in [0.2, 0.25) is 11.8 Å². The average molecular weight is 293 g/mol. The van der Waals surface area contributed by atoms with Gasteiger partial charge in [-0.2, -0.15) is 5.10 Å². The third-order valence-electron chi connectivity index (χ3n) is 3.70. The highest BCUT2D eigenvalue weighted by Crippen LogP contribution is 2.26. The van der Waals surface area contributed by atoms with Crippen LogP contribution in [-0.2, 0) is 23.2 Å². The minimum atomic E-state index is -0.393. The molecule has 1 aliphatic rings. The molecular weight excluding hydrogens is 270 g/mol. The van der Waals surface area contributed by atoms with Gasteiger partial charge in [0.05, 0.1) is 12.2 Å². The summed E-state index contributed by atoms with van der Waals surface area (Å²) < 4.78 is 1.75. The maximum atomic E-state index is 11.9. The van der Waals surface area contributed by atoms with Crippen molar-refractivity contribution in [3.05, 3.63) is 11.3 Å². The molecule has 7 nitrogen and oxygen atoms in total. The number of rotatable bonds is 4. The number of amides is 2. The van der Waals surface area contributed by atoms with Crippen LogP contribution >= 0.6 is 0 Å². The molecule has 7 heteroatoms. The van der Waals surface area contributed by atoms with Gasteiger partial charge in [-0.3, -0.25) is 19.6 Å². The van der Waals surface area contributed by atoms with Crippen molar-refractivity contribution < 1.29 is 9.59 Å². The first-order valence-electron chi connectivity index (χ1n) is 7.17. The fraction of sp³-hybridized carbons (Fsp3) is 0.643. The van der Waals surface area contributed by atoms with E-state index in [1.807, 2.05) is 18.9 Å². The lowest BCUT2D eigenvalue weighted by atomic mass is 10.1. The monoisotopic (exact) mass is 293 g/mol. The van der Waals surface area contributed by atoms with Gasteiger partial charge >= 0.3 is 0 Å². The Balaban J connectivity index is 2.37. The van der Waals surface area contributed by atoms with E-state index in [-0.39, 0.29) is 18.4 Å². The Kier molecular flexibility index (Phi) is 4.32. The van der Waals surface area contributed by atoms with Gasteiger partial charge in [0, 0.05) is 25.2 Å². The summed E-state index contributed by atoms with van der Waals surface area (Å²) in [5, 5.41) is 10.2. The largest absolute Gasteiger partial charge is 0.335 e. The average Bonchev–Trinajstić information content (AvgIpc) is 2.65. The molecule has 1 aliphatic heterocycles. The quantitative estimate of drug-likeness (QED) is 0.769. The summed E-state index contributed by atoms with van der Waals surface area (Å²) in [5.41, 5.74) is 1.94. The lowest BCUT2D eigenvalue weighted by molar-refractivity contribution is -0.132. The Morgan fingerprint density at radius 3 is 2.71 bits per heavy atom. The molecule has 0 bridgehead atoms. The summed E-state index contributed by atoms with van der Waals surface area (Å²) in [7, 11) is 1.84. The van der Waals surface area contributed by atoms with E-state index in [2.05, 4.69) is 29.6 Å². The Morgan fingerprint density at radius 2 is 2.10 bits per heavy atom. The molecule has 0 spiro atoms. The summed E-state index contributed by atoms with van der Waals surface area (Å²) in [6.45, 7) is 8.71. The second kappa shape index (κ2) is 5.85. The highest BCUT2D eigenvalue weighted by molar-refractivity contribution is 6.04. The molecule has 116 valence electrons. The van der Waals surface area contributed by atoms with Crippen molar-refractivity contribution in [1.82, 2.24) is 20.4 Å². The Hall–Kier alpha value is -1.89. The van der Waals surface area contributed by atoms with Crippen LogP contribution in [0.2, 0.25) is 0 Å². The zero-order valence-electron chi connectivity index (χ0n) is 13.2. The minimum absolute atomic E-state index is 0.167. The zero-order valence-corrected chi connectivity index (χ0v) is 13.2. The first kappa shape index (κ1) is 15.5. The first-order valence-corrected chi connectivity index (χ1v) is 7.17. The summed E-state index contributed by atoms with van der Waals surface area (Å²) >= 11 is 0. The van der Waals surface area contributed by atoms with E-state index >= 15 is 0 Å². The molecule has 2 N–H and O–H groups in total. The van der Waals surface area contributed by atoms with Crippen LogP contribution in [0.15, 0.2) is 0 Å². The van der Waals surface area contributed by atoms with Gasteiger partial charge < -0.3 is 10.2 Å². The summed E-state index contributed by atoms with van der Waals surface area (Å²) in [6.07, 6.45) is 0. The molecule has 1 aromatic rings. The number of carbonyl (C=O) groups excluding carboxylic acids is 2. The second-order valence-electron chi connectivity index (χ2n) is 5.76. The van der Waals surface area contributed by atoms with Crippen LogP contribution in [0.1, 0.15) is 32.0 Å². The highest BCUT2D eigenvalue weighted by Gasteiger charge is 2.33. The lowest BCUT2D eigenvalue weighted by Crippen LogP contribution is -2.57. The molecule has 0 radical (unpaired) electrons. The molecule has 2 heterocycles. The SMILES string of the molecule is Cc1nn(C)c(N2CC(=O)NC(=O)C2C)c1CNC(C)C. The number of nitrogens with one attached hydrogen (secondary N) is 2. The van der Waals surface area contributed by atoms with E-state index < -0.39 is 6.04 Å². The van der Waals surface area contributed by atoms with Gasteiger partial charge in [0.15, 0.2) is 0 Å². The molecule has 1 aromatic heterocycles. The maximum Gasteiger partial charge on any atom is 0.249 e. The van der Waals surface area contributed by atoms with Crippen molar-refractivity contribution in [1.29, 1.82) is 0 Å². The number of carbonyl (C=O) groups is 2.